The van der Waals surface area contributed by atoms with Crippen LogP contribution in [0.4, 0.5) is 0 Å². The van der Waals surface area contributed by atoms with E-state index in [2.05, 4.69) is 9.89 Å². The molecule has 0 spiro atoms. The third-order valence-electron chi connectivity index (χ3n) is 4.07. The predicted molar refractivity (Wildman–Crippen MR) is 74.4 cm³/mol. The van der Waals surface area contributed by atoms with Crippen molar-refractivity contribution in [2.24, 2.45) is 4.99 Å². The van der Waals surface area contributed by atoms with Crippen molar-refractivity contribution in [2.75, 3.05) is 20.2 Å². The van der Waals surface area contributed by atoms with Gasteiger partial charge in [0.25, 0.3) is 0 Å². The molecular weight excluding hydrogens is 240 g/mol. The second-order valence-electron chi connectivity index (χ2n) is 5.24. The fourth-order valence-electron chi connectivity index (χ4n) is 2.95. The number of nitrogens with zero attached hydrogens (tertiary/aromatic N) is 2. The molecule has 1 N–H and O–H groups in total. The zero-order valence-corrected chi connectivity index (χ0v) is 11.3. The summed E-state index contributed by atoms with van der Waals surface area (Å²) in [6.07, 6.45) is 4.50. The van der Waals surface area contributed by atoms with E-state index in [1.165, 1.54) is 12.8 Å². The fraction of sp³-hybridized carbons (Fsp3) is 0.533. The lowest BCUT2D eigenvalue weighted by atomic mass is 10.0. The molecule has 1 aromatic carbocycles. The molecule has 1 aromatic rings. The Morgan fingerprint density at radius 3 is 2.74 bits per heavy atom. The lowest BCUT2D eigenvalue weighted by Gasteiger charge is -2.35. The lowest BCUT2D eigenvalue weighted by Crippen LogP contribution is -2.46. The Hall–Kier alpha value is -1.55. The van der Waals surface area contributed by atoms with Crippen LogP contribution >= 0.6 is 0 Å². The van der Waals surface area contributed by atoms with Crippen LogP contribution < -0.4 is 4.74 Å². The molecule has 4 nitrogen and oxygen atoms in total. The summed E-state index contributed by atoms with van der Waals surface area (Å²) in [6.45, 7) is 1.33. The third-order valence-corrected chi connectivity index (χ3v) is 4.07. The maximum atomic E-state index is 11.0. The molecule has 2 aliphatic rings. The summed E-state index contributed by atoms with van der Waals surface area (Å²) in [5, 5.41) is 11.0. The van der Waals surface area contributed by atoms with Crippen LogP contribution in [0.25, 0.3) is 0 Å². The summed E-state index contributed by atoms with van der Waals surface area (Å²) in [4.78, 5) is 6.64. The quantitative estimate of drug-likeness (QED) is 0.886. The number of hydrogen-bond donors (Lipinski definition) is 1. The second kappa shape index (κ2) is 4.85. The average molecular weight is 260 g/mol. The van der Waals surface area contributed by atoms with Gasteiger partial charge in [0, 0.05) is 18.5 Å². The van der Waals surface area contributed by atoms with E-state index < -0.39 is 5.72 Å². The molecule has 3 rings (SSSR count). The molecule has 0 aromatic heterocycles. The number of aliphatic hydroxyl groups is 1. The molecule has 0 amide bonds. The van der Waals surface area contributed by atoms with E-state index in [4.69, 9.17) is 4.74 Å². The second-order valence-corrected chi connectivity index (χ2v) is 5.24. The molecule has 0 radical (unpaired) electrons. The Labute approximate surface area is 113 Å². The van der Waals surface area contributed by atoms with E-state index in [0.29, 0.717) is 6.54 Å². The van der Waals surface area contributed by atoms with Crippen LogP contribution in [0.5, 0.6) is 5.75 Å². The number of methoxy groups -OCH3 is 1. The van der Waals surface area contributed by atoms with Crippen molar-refractivity contribution >= 4 is 5.84 Å². The normalized spacial score (nSPS) is 26.6. The maximum Gasteiger partial charge on any atom is 0.185 e. The summed E-state index contributed by atoms with van der Waals surface area (Å²) in [5.74, 6) is 1.87. The molecule has 1 saturated heterocycles. The third kappa shape index (κ3) is 2.10. The SMILES string of the molecule is COc1ccc(C2(O)CN=C3CCCCCN32)cc1. The van der Waals surface area contributed by atoms with Crippen molar-refractivity contribution < 1.29 is 9.84 Å². The number of rotatable bonds is 2. The lowest BCUT2D eigenvalue weighted by molar-refractivity contribution is -0.0557. The summed E-state index contributed by atoms with van der Waals surface area (Å²) < 4.78 is 5.17. The smallest absolute Gasteiger partial charge is 0.185 e. The zero-order chi connectivity index (χ0) is 13.3. The fourth-order valence-corrected chi connectivity index (χ4v) is 2.95. The van der Waals surface area contributed by atoms with Crippen molar-refractivity contribution in [1.29, 1.82) is 0 Å². The van der Waals surface area contributed by atoms with E-state index in [0.717, 1.165) is 36.5 Å². The van der Waals surface area contributed by atoms with Gasteiger partial charge in [0.1, 0.15) is 11.6 Å². The first-order chi connectivity index (χ1) is 9.24. The summed E-state index contributed by atoms with van der Waals surface area (Å²) in [7, 11) is 1.65. The van der Waals surface area contributed by atoms with Gasteiger partial charge >= 0.3 is 0 Å². The van der Waals surface area contributed by atoms with Crippen LogP contribution in [0.3, 0.4) is 0 Å². The van der Waals surface area contributed by atoms with Gasteiger partial charge < -0.3 is 14.7 Å². The molecule has 1 atom stereocenters. The van der Waals surface area contributed by atoms with Gasteiger partial charge in [0.2, 0.25) is 0 Å². The molecule has 19 heavy (non-hydrogen) atoms. The first-order valence-electron chi connectivity index (χ1n) is 6.92. The summed E-state index contributed by atoms with van der Waals surface area (Å²) in [6, 6.07) is 7.65. The molecule has 2 aliphatic heterocycles. The van der Waals surface area contributed by atoms with Gasteiger partial charge in [-0.25, -0.2) is 0 Å². The summed E-state index contributed by atoms with van der Waals surface area (Å²) in [5.41, 5.74) is -0.0691. The Bertz CT molecular complexity index is 483. The highest BCUT2D eigenvalue weighted by Crippen LogP contribution is 2.35. The topological polar surface area (TPSA) is 45.1 Å². The van der Waals surface area contributed by atoms with Gasteiger partial charge in [-0.05, 0) is 25.0 Å². The Kier molecular flexibility index (Phi) is 3.19. The molecule has 102 valence electrons. The largest absolute Gasteiger partial charge is 0.497 e. The molecule has 0 bridgehead atoms. The molecule has 1 unspecified atom stereocenters. The van der Waals surface area contributed by atoms with Gasteiger partial charge in [0.15, 0.2) is 5.72 Å². The van der Waals surface area contributed by atoms with Crippen molar-refractivity contribution in [3.8, 4) is 5.75 Å². The number of amidine groups is 1. The van der Waals surface area contributed by atoms with Crippen LogP contribution in [0.2, 0.25) is 0 Å². The van der Waals surface area contributed by atoms with Gasteiger partial charge in [-0.2, -0.15) is 0 Å². The van der Waals surface area contributed by atoms with Crippen molar-refractivity contribution in [3.05, 3.63) is 29.8 Å². The van der Waals surface area contributed by atoms with E-state index in [1.54, 1.807) is 7.11 Å². The highest BCUT2D eigenvalue weighted by Gasteiger charge is 2.42. The number of aliphatic imine (C=N–C) groups is 1. The van der Waals surface area contributed by atoms with E-state index in [-0.39, 0.29) is 0 Å². The first-order valence-corrected chi connectivity index (χ1v) is 6.92. The van der Waals surface area contributed by atoms with Crippen molar-refractivity contribution in [2.45, 2.75) is 31.4 Å². The molecule has 4 heteroatoms. The molecule has 0 saturated carbocycles. The minimum absolute atomic E-state index is 0.439. The van der Waals surface area contributed by atoms with Gasteiger partial charge in [-0.15, -0.1) is 0 Å². The number of ether oxygens (including phenoxy) is 1. The molecule has 1 fully saturated rings. The van der Waals surface area contributed by atoms with Crippen molar-refractivity contribution in [3.63, 3.8) is 0 Å². The van der Waals surface area contributed by atoms with Crippen LogP contribution in [0.1, 0.15) is 31.2 Å². The minimum Gasteiger partial charge on any atom is -0.497 e. The van der Waals surface area contributed by atoms with Crippen LogP contribution in [0, 0.1) is 0 Å². The van der Waals surface area contributed by atoms with Crippen LogP contribution in [-0.2, 0) is 5.72 Å². The van der Waals surface area contributed by atoms with Gasteiger partial charge in [-0.3, -0.25) is 4.99 Å². The van der Waals surface area contributed by atoms with Crippen LogP contribution in [-0.4, -0.2) is 36.0 Å². The van der Waals surface area contributed by atoms with E-state index in [9.17, 15) is 5.11 Å². The summed E-state index contributed by atoms with van der Waals surface area (Å²) >= 11 is 0. The molecular formula is C15H20N2O2. The van der Waals surface area contributed by atoms with E-state index >= 15 is 0 Å². The number of hydrogen-bond acceptors (Lipinski definition) is 4. The highest BCUT2D eigenvalue weighted by atomic mass is 16.5. The minimum atomic E-state index is -0.966. The Morgan fingerprint density at radius 2 is 2.00 bits per heavy atom. The average Bonchev–Trinajstić information content (AvgIpc) is 2.65. The Balaban J connectivity index is 1.90. The van der Waals surface area contributed by atoms with Crippen molar-refractivity contribution in [1.82, 2.24) is 4.90 Å². The maximum absolute atomic E-state index is 11.0. The predicted octanol–water partition coefficient (Wildman–Crippen LogP) is 2.13. The van der Waals surface area contributed by atoms with E-state index in [1.807, 2.05) is 24.3 Å². The first kappa shape index (κ1) is 12.5. The standard InChI is InChI=1S/C15H20N2O2/c1-19-13-8-6-12(7-9-13)15(18)11-16-14-5-3-2-4-10-17(14)15/h6-9,18H,2-5,10-11H2,1H3. The monoisotopic (exact) mass is 260 g/mol. The van der Waals surface area contributed by atoms with Gasteiger partial charge in [0.05, 0.1) is 13.7 Å². The van der Waals surface area contributed by atoms with Gasteiger partial charge in [-0.1, -0.05) is 18.6 Å². The molecule has 0 aliphatic carbocycles. The molecule has 2 heterocycles. The highest BCUT2D eigenvalue weighted by molar-refractivity contribution is 5.85. The number of fused-ring (bicyclic) bond motifs is 1. The Morgan fingerprint density at radius 1 is 1.21 bits per heavy atom. The van der Waals surface area contributed by atoms with Crippen LogP contribution in [0.15, 0.2) is 29.3 Å². The number of benzene rings is 1. The zero-order valence-electron chi connectivity index (χ0n) is 11.3.